The largest absolute Gasteiger partial charge is 0.329 e. The quantitative estimate of drug-likeness (QED) is 0.869. The number of aryl methyl sites for hydroxylation is 1. The number of likely N-dealkylation sites (tertiary alicyclic amines) is 1. The first-order chi connectivity index (χ1) is 8.65. The van der Waals surface area contributed by atoms with Gasteiger partial charge in [-0.15, -0.1) is 0 Å². The van der Waals surface area contributed by atoms with Gasteiger partial charge in [0, 0.05) is 37.4 Å². The Kier molecular flexibility index (Phi) is 4.40. The van der Waals surface area contributed by atoms with Gasteiger partial charge in [0.15, 0.2) is 0 Å². The second kappa shape index (κ2) is 5.85. The average Bonchev–Trinajstić information content (AvgIpc) is 2.89. The Balaban J connectivity index is 2.12. The van der Waals surface area contributed by atoms with Crippen LogP contribution in [0.25, 0.3) is 0 Å². The summed E-state index contributed by atoms with van der Waals surface area (Å²) in [5.74, 6) is 0.778. The zero-order valence-electron chi connectivity index (χ0n) is 11.8. The van der Waals surface area contributed by atoms with Gasteiger partial charge in [0.25, 0.3) is 0 Å². The lowest BCUT2D eigenvalue weighted by molar-refractivity contribution is 0.192. The summed E-state index contributed by atoms with van der Waals surface area (Å²) in [6.45, 7) is 9.62. The molecule has 0 bridgehead atoms. The standard InChI is InChI=1S/C14H26N4/c1-4-5-17-10-13(8-16-17)14(7-15)18-9-11(2)6-12(18)3/h8,10-12,14H,4-7,9,15H2,1-3H3. The average molecular weight is 250 g/mol. The highest BCUT2D eigenvalue weighted by Gasteiger charge is 2.32. The molecule has 1 saturated heterocycles. The van der Waals surface area contributed by atoms with Crippen molar-refractivity contribution in [2.75, 3.05) is 13.1 Å². The first-order valence-electron chi connectivity index (χ1n) is 7.13. The summed E-state index contributed by atoms with van der Waals surface area (Å²) in [4.78, 5) is 2.54. The topological polar surface area (TPSA) is 47.1 Å². The van der Waals surface area contributed by atoms with E-state index in [0.29, 0.717) is 18.6 Å². The summed E-state index contributed by atoms with van der Waals surface area (Å²) in [5, 5.41) is 4.42. The van der Waals surface area contributed by atoms with Gasteiger partial charge in [-0.1, -0.05) is 13.8 Å². The van der Waals surface area contributed by atoms with Gasteiger partial charge in [-0.2, -0.15) is 5.10 Å². The van der Waals surface area contributed by atoms with Crippen molar-refractivity contribution in [1.29, 1.82) is 0 Å². The van der Waals surface area contributed by atoms with Crippen LogP contribution in [-0.4, -0.2) is 33.8 Å². The third-order valence-corrected chi connectivity index (χ3v) is 3.95. The van der Waals surface area contributed by atoms with E-state index in [1.54, 1.807) is 0 Å². The molecule has 1 aromatic heterocycles. The molecule has 2 rings (SSSR count). The second-order valence-corrected chi connectivity index (χ2v) is 5.67. The highest BCUT2D eigenvalue weighted by Crippen LogP contribution is 2.31. The molecule has 1 aliphatic rings. The molecule has 2 heterocycles. The van der Waals surface area contributed by atoms with Gasteiger partial charge in [0.05, 0.1) is 12.2 Å². The van der Waals surface area contributed by atoms with Gasteiger partial charge in [0.2, 0.25) is 0 Å². The molecule has 3 atom stereocenters. The molecule has 4 nitrogen and oxygen atoms in total. The second-order valence-electron chi connectivity index (χ2n) is 5.67. The molecule has 1 fully saturated rings. The van der Waals surface area contributed by atoms with Crippen molar-refractivity contribution in [2.45, 2.75) is 52.2 Å². The third-order valence-electron chi connectivity index (χ3n) is 3.95. The van der Waals surface area contributed by atoms with Gasteiger partial charge >= 0.3 is 0 Å². The Morgan fingerprint density at radius 3 is 2.83 bits per heavy atom. The number of hydrogen-bond acceptors (Lipinski definition) is 3. The van der Waals surface area contributed by atoms with Crippen LogP contribution < -0.4 is 5.73 Å². The van der Waals surface area contributed by atoms with Crippen molar-refractivity contribution < 1.29 is 0 Å². The minimum Gasteiger partial charge on any atom is -0.329 e. The number of hydrogen-bond donors (Lipinski definition) is 1. The molecule has 18 heavy (non-hydrogen) atoms. The number of aromatic nitrogens is 2. The van der Waals surface area contributed by atoms with Gasteiger partial charge in [-0.05, 0) is 25.7 Å². The summed E-state index contributed by atoms with van der Waals surface area (Å²) in [7, 11) is 0. The highest BCUT2D eigenvalue weighted by atomic mass is 15.3. The SMILES string of the molecule is CCCn1cc(C(CN)N2CC(C)CC2C)cn1. The molecule has 0 radical (unpaired) electrons. The highest BCUT2D eigenvalue weighted by molar-refractivity contribution is 5.12. The van der Waals surface area contributed by atoms with E-state index in [2.05, 4.69) is 37.0 Å². The summed E-state index contributed by atoms with van der Waals surface area (Å²) in [6, 6.07) is 0.957. The fourth-order valence-corrected chi connectivity index (χ4v) is 3.13. The molecule has 2 N–H and O–H groups in total. The fourth-order valence-electron chi connectivity index (χ4n) is 3.13. The van der Waals surface area contributed by atoms with E-state index in [0.717, 1.165) is 25.4 Å². The number of nitrogens with two attached hydrogens (primary N) is 1. The maximum Gasteiger partial charge on any atom is 0.0538 e. The monoisotopic (exact) mass is 250 g/mol. The first-order valence-corrected chi connectivity index (χ1v) is 7.13. The molecule has 102 valence electrons. The van der Waals surface area contributed by atoms with E-state index < -0.39 is 0 Å². The van der Waals surface area contributed by atoms with E-state index in [1.807, 2.05) is 10.9 Å². The van der Waals surface area contributed by atoms with Crippen molar-refractivity contribution >= 4 is 0 Å². The molecule has 0 spiro atoms. The predicted octanol–water partition coefficient (Wildman–Crippen LogP) is 2.02. The van der Waals surface area contributed by atoms with Crippen LogP contribution in [0.15, 0.2) is 12.4 Å². The maximum atomic E-state index is 6.00. The van der Waals surface area contributed by atoms with Crippen LogP contribution in [0.5, 0.6) is 0 Å². The predicted molar refractivity (Wildman–Crippen MR) is 74.3 cm³/mol. The molecule has 0 aliphatic carbocycles. The Morgan fingerprint density at radius 1 is 1.50 bits per heavy atom. The van der Waals surface area contributed by atoms with Crippen LogP contribution in [-0.2, 0) is 6.54 Å². The maximum absolute atomic E-state index is 6.00. The molecule has 1 aromatic rings. The summed E-state index contributed by atoms with van der Waals surface area (Å²) >= 11 is 0. The fraction of sp³-hybridized carbons (Fsp3) is 0.786. The van der Waals surface area contributed by atoms with Crippen LogP contribution in [0.1, 0.15) is 45.2 Å². The first kappa shape index (κ1) is 13.6. The Morgan fingerprint density at radius 2 is 2.28 bits per heavy atom. The van der Waals surface area contributed by atoms with E-state index >= 15 is 0 Å². The van der Waals surface area contributed by atoms with Crippen LogP contribution in [0.2, 0.25) is 0 Å². The Labute approximate surface area is 110 Å². The van der Waals surface area contributed by atoms with Gasteiger partial charge in [0.1, 0.15) is 0 Å². The lowest BCUT2D eigenvalue weighted by Gasteiger charge is -2.29. The van der Waals surface area contributed by atoms with Crippen molar-refractivity contribution in [2.24, 2.45) is 11.7 Å². The number of nitrogens with zero attached hydrogens (tertiary/aromatic N) is 3. The van der Waals surface area contributed by atoms with E-state index in [9.17, 15) is 0 Å². The van der Waals surface area contributed by atoms with E-state index in [1.165, 1.54) is 12.0 Å². The van der Waals surface area contributed by atoms with Crippen LogP contribution in [0.3, 0.4) is 0 Å². The van der Waals surface area contributed by atoms with Crippen LogP contribution >= 0.6 is 0 Å². The Hall–Kier alpha value is -0.870. The van der Waals surface area contributed by atoms with Crippen molar-refractivity contribution in [1.82, 2.24) is 14.7 Å². The molecule has 1 aliphatic heterocycles. The zero-order chi connectivity index (χ0) is 13.1. The Bertz CT molecular complexity index is 374. The molecule has 0 amide bonds. The molecule has 4 heteroatoms. The van der Waals surface area contributed by atoms with Crippen molar-refractivity contribution in [3.63, 3.8) is 0 Å². The summed E-state index contributed by atoms with van der Waals surface area (Å²) in [6.07, 6.45) is 6.55. The summed E-state index contributed by atoms with van der Waals surface area (Å²) in [5.41, 5.74) is 7.27. The van der Waals surface area contributed by atoms with Crippen molar-refractivity contribution in [3.05, 3.63) is 18.0 Å². The van der Waals surface area contributed by atoms with Gasteiger partial charge in [-0.3, -0.25) is 9.58 Å². The van der Waals surface area contributed by atoms with E-state index in [4.69, 9.17) is 5.73 Å². The summed E-state index contributed by atoms with van der Waals surface area (Å²) < 4.78 is 2.03. The lowest BCUT2D eigenvalue weighted by Crippen LogP contribution is -2.36. The minimum absolute atomic E-state index is 0.329. The lowest BCUT2D eigenvalue weighted by atomic mass is 10.1. The van der Waals surface area contributed by atoms with Crippen molar-refractivity contribution in [3.8, 4) is 0 Å². The molecular formula is C14H26N4. The third kappa shape index (κ3) is 2.75. The molecule has 3 unspecified atom stereocenters. The smallest absolute Gasteiger partial charge is 0.0538 e. The zero-order valence-corrected chi connectivity index (χ0v) is 11.8. The van der Waals surface area contributed by atoms with Gasteiger partial charge in [-0.25, -0.2) is 0 Å². The minimum atomic E-state index is 0.329. The molecule has 0 aromatic carbocycles. The van der Waals surface area contributed by atoms with E-state index in [-0.39, 0.29) is 0 Å². The number of rotatable bonds is 5. The van der Waals surface area contributed by atoms with Gasteiger partial charge < -0.3 is 5.73 Å². The van der Waals surface area contributed by atoms with Crippen LogP contribution in [0.4, 0.5) is 0 Å². The normalized spacial score (nSPS) is 26.7. The molecular weight excluding hydrogens is 224 g/mol. The van der Waals surface area contributed by atoms with Crippen LogP contribution in [0, 0.1) is 5.92 Å². The molecule has 0 saturated carbocycles.